The Kier molecular flexibility index (Phi) is 5.95. The van der Waals surface area contributed by atoms with E-state index in [9.17, 15) is 4.79 Å². The Morgan fingerprint density at radius 3 is 2.38 bits per heavy atom. The molecule has 2 aromatic rings. The summed E-state index contributed by atoms with van der Waals surface area (Å²) in [4.78, 5) is 11.5. The molecule has 2 aromatic carbocycles. The van der Waals surface area contributed by atoms with Crippen LogP contribution in [0.3, 0.4) is 0 Å². The van der Waals surface area contributed by atoms with Gasteiger partial charge in [0.2, 0.25) is 0 Å². The Bertz CT molecular complexity index is 674. The molecule has 0 radical (unpaired) electrons. The van der Waals surface area contributed by atoms with Crippen LogP contribution < -0.4 is 10.2 Å². The molecule has 24 heavy (non-hydrogen) atoms. The SMILES string of the molecule is CC(C)(C)OC(=O)N/N=C\c1ccc(OCc2ccccc2)cc1. The maximum Gasteiger partial charge on any atom is 0.428 e. The van der Waals surface area contributed by atoms with Gasteiger partial charge in [0.25, 0.3) is 0 Å². The molecule has 1 N–H and O–H groups in total. The Balaban J connectivity index is 1.81. The molecule has 0 aliphatic rings. The van der Waals surface area contributed by atoms with Crippen molar-refractivity contribution in [2.24, 2.45) is 5.10 Å². The number of hydrogen-bond acceptors (Lipinski definition) is 4. The fourth-order valence-corrected chi connectivity index (χ4v) is 1.85. The van der Waals surface area contributed by atoms with E-state index in [2.05, 4.69) is 10.5 Å². The summed E-state index contributed by atoms with van der Waals surface area (Å²) in [5, 5.41) is 3.86. The molecule has 0 fully saturated rings. The van der Waals surface area contributed by atoms with Gasteiger partial charge in [-0.05, 0) is 56.2 Å². The van der Waals surface area contributed by atoms with Gasteiger partial charge in [0.05, 0.1) is 6.21 Å². The third-order valence-corrected chi connectivity index (χ3v) is 2.90. The minimum atomic E-state index is -0.582. The first-order valence-electron chi connectivity index (χ1n) is 7.71. The van der Waals surface area contributed by atoms with Gasteiger partial charge in [-0.3, -0.25) is 0 Å². The molecule has 0 heterocycles. The average molecular weight is 326 g/mol. The Morgan fingerprint density at radius 2 is 1.75 bits per heavy atom. The molecule has 0 aromatic heterocycles. The number of carbonyl (C=O) groups is 1. The zero-order valence-electron chi connectivity index (χ0n) is 14.2. The number of ether oxygens (including phenoxy) is 2. The molecular weight excluding hydrogens is 304 g/mol. The second-order valence-corrected chi connectivity index (χ2v) is 6.22. The van der Waals surface area contributed by atoms with Gasteiger partial charge in [0.1, 0.15) is 18.0 Å². The van der Waals surface area contributed by atoms with Gasteiger partial charge in [-0.25, -0.2) is 10.2 Å². The standard InChI is InChI=1S/C19H22N2O3/c1-19(2,3)24-18(22)21-20-13-15-9-11-17(12-10-15)23-14-16-7-5-4-6-8-16/h4-13H,14H2,1-3H3,(H,21,22)/b20-13-. The van der Waals surface area contributed by atoms with Crippen LogP contribution in [0.25, 0.3) is 0 Å². The van der Waals surface area contributed by atoms with Crippen molar-refractivity contribution in [2.45, 2.75) is 33.0 Å². The molecule has 0 aliphatic heterocycles. The van der Waals surface area contributed by atoms with Crippen molar-refractivity contribution >= 4 is 12.3 Å². The van der Waals surface area contributed by atoms with Crippen molar-refractivity contribution in [1.82, 2.24) is 5.43 Å². The topological polar surface area (TPSA) is 59.9 Å². The van der Waals surface area contributed by atoms with Gasteiger partial charge < -0.3 is 9.47 Å². The number of benzene rings is 2. The molecule has 2 rings (SSSR count). The third kappa shape index (κ3) is 6.52. The maximum absolute atomic E-state index is 11.5. The molecule has 0 spiro atoms. The summed E-state index contributed by atoms with van der Waals surface area (Å²) in [5.41, 5.74) is 3.74. The van der Waals surface area contributed by atoms with Crippen LogP contribution in [0.4, 0.5) is 4.79 Å². The van der Waals surface area contributed by atoms with Crippen LogP contribution in [0.15, 0.2) is 59.7 Å². The summed E-state index contributed by atoms with van der Waals surface area (Å²) in [6.45, 7) is 5.91. The number of hydrogen-bond donors (Lipinski definition) is 1. The van der Waals surface area contributed by atoms with Crippen LogP contribution in [0.5, 0.6) is 5.75 Å². The molecule has 1 amide bonds. The molecule has 0 atom stereocenters. The highest BCUT2D eigenvalue weighted by molar-refractivity contribution is 5.81. The highest BCUT2D eigenvalue weighted by atomic mass is 16.6. The molecule has 5 nitrogen and oxygen atoms in total. The fraction of sp³-hybridized carbons (Fsp3) is 0.263. The number of hydrazone groups is 1. The van der Waals surface area contributed by atoms with Crippen LogP contribution in [0.2, 0.25) is 0 Å². The average Bonchev–Trinajstić information content (AvgIpc) is 2.53. The zero-order chi connectivity index (χ0) is 17.4. The first-order valence-corrected chi connectivity index (χ1v) is 7.71. The van der Waals surface area contributed by atoms with E-state index in [-0.39, 0.29) is 0 Å². The predicted molar refractivity (Wildman–Crippen MR) is 94.2 cm³/mol. The van der Waals surface area contributed by atoms with Gasteiger partial charge in [-0.2, -0.15) is 5.10 Å². The van der Waals surface area contributed by atoms with Crippen LogP contribution in [-0.4, -0.2) is 17.9 Å². The highest BCUT2D eigenvalue weighted by Gasteiger charge is 2.15. The monoisotopic (exact) mass is 326 g/mol. The lowest BCUT2D eigenvalue weighted by molar-refractivity contribution is 0.0529. The second kappa shape index (κ2) is 8.15. The minimum Gasteiger partial charge on any atom is -0.489 e. The van der Waals surface area contributed by atoms with Crippen LogP contribution in [0, 0.1) is 0 Å². The van der Waals surface area contributed by atoms with Gasteiger partial charge in [-0.1, -0.05) is 30.3 Å². The lowest BCUT2D eigenvalue weighted by atomic mass is 10.2. The summed E-state index contributed by atoms with van der Waals surface area (Å²) in [7, 11) is 0. The van der Waals surface area contributed by atoms with Crippen LogP contribution in [0.1, 0.15) is 31.9 Å². The van der Waals surface area contributed by atoms with Crippen molar-refractivity contribution in [3.63, 3.8) is 0 Å². The number of carbonyl (C=O) groups excluding carboxylic acids is 1. The van der Waals surface area contributed by atoms with E-state index in [1.165, 1.54) is 0 Å². The van der Waals surface area contributed by atoms with E-state index in [1.807, 2.05) is 54.6 Å². The van der Waals surface area contributed by atoms with Gasteiger partial charge in [0.15, 0.2) is 0 Å². The minimum absolute atomic E-state index is 0.522. The second-order valence-electron chi connectivity index (χ2n) is 6.22. The normalized spacial score (nSPS) is 11.3. The lowest BCUT2D eigenvalue weighted by Crippen LogP contribution is -2.29. The van der Waals surface area contributed by atoms with E-state index < -0.39 is 11.7 Å². The summed E-state index contributed by atoms with van der Waals surface area (Å²) in [6, 6.07) is 17.4. The van der Waals surface area contributed by atoms with Crippen molar-refractivity contribution in [1.29, 1.82) is 0 Å². The molecular formula is C19H22N2O3. The van der Waals surface area contributed by atoms with E-state index in [0.717, 1.165) is 16.9 Å². The number of nitrogens with one attached hydrogen (secondary N) is 1. The van der Waals surface area contributed by atoms with E-state index in [4.69, 9.17) is 9.47 Å². The molecule has 0 unspecified atom stereocenters. The number of nitrogens with zero attached hydrogens (tertiary/aromatic N) is 1. The van der Waals surface area contributed by atoms with Crippen molar-refractivity contribution in [3.8, 4) is 5.75 Å². The van der Waals surface area contributed by atoms with Crippen molar-refractivity contribution in [3.05, 3.63) is 65.7 Å². The number of rotatable bonds is 5. The van der Waals surface area contributed by atoms with Crippen LogP contribution in [-0.2, 0) is 11.3 Å². The lowest BCUT2D eigenvalue weighted by Gasteiger charge is -2.18. The fourth-order valence-electron chi connectivity index (χ4n) is 1.85. The quantitative estimate of drug-likeness (QED) is 0.664. The third-order valence-electron chi connectivity index (χ3n) is 2.90. The van der Waals surface area contributed by atoms with Crippen LogP contribution >= 0.6 is 0 Å². The smallest absolute Gasteiger partial charge is 0.428 e. The van der Waals surface area contributed by atoms with Gasteiger partial charge in [0, 0.05) is 0 Å². The number of amides is 1. The molecule has 5 heteroatoms. The van der Waals surface area contributed by atoms with Crippen molar-refractivity contribution < 1.29 is 14.3 Å². The molecule has 0 aliphatic carbocycles. The molecule has 0 saturated heterocycles. The Labute approximate surface area is 142 Å². The molecule has 126 valence electrons. The summed E-state index contributed by atoms with van der Waals surface area (Å²) in [5.74, 6) is 0.774. The van der Waals surface area contributed by atoms with E-state index >= 15 is 0 Å². The first kappa shape index (κ1) is 17.5. The largest absolute Gasteiger partial charge is 0.489 e. The highest BCUT2D eigenvalue weighted by Crippen LogP contribution is 2.13. The summed E-state index contributed by atoms with van der Waals surface area (Å²) < 4.78 is 10.8. The van der Waals surface area contributed by atoms with E-state index in [1.54, 1.807) is 27.0 Å². The predicted octanol–water partition coefficient (Wildman–Crippen LogP) is 4.12. The zero-order valence-corrected chi connectivity index (χ0v) is 14.2. The first-order chi connectivity index (χ1) is 11.4. The Hall–Kier alpha value is -2.82. The van der Waals surface area contributed by atoms with Gasteiger partial charge >= 0.3 is 6.09 Å². The Morgan fingerprint density at radius 1 is 1.08 bits per heavy atom. The summed E-state index contributed by atoms with van der Waals surface area (Å²) >= 11 is 0. The molecule has 0 saturated carbocycles. The van der Waals surface area contributed by atoms with E-state index in [0.29, 0.717) is 6.61 Å². The maximum atomic E-state index is 11.5. The molecule has 0 bridgehead atoms. The van der Waals surface area contributed by atoms with Crippen molar-refractivity contribution in [2.75, 3.05) is 0 Å². The summed E-state index contributed by atoms with van der Waals surface area (Å²) in [6.07, 6.45) is 0.965. The van der Waals surface area contributed by atoms with Gasteiger partial charge in [-0.15, -0.1) is 0 Å².